The van der Waals surface area contributed by atoms with Gasteiger partial charge in [-0.05, 0) is 144 Å². The van der Waals surface area contributed by atoms with Crippen molar-refractivity contribution in [1.29, 1.82) is 0 Å². The van der Waals surface area contributed by atoms with Crippen molar-refractivity contribution in [3.63, 3.8) is 0 Å². The zero-order chi connectivity index (χ0) is 27.2. The molecule has 3 aliphatic rings. The van der Waals surface area contributed by atoms with Crippen LogP contribution in [0.1, 0.15) is 114 Å². The molecule has 0 saturated heterocycles. The first-order valence-corrected chi connectivity index (χ1v) is 16.9. The van der Waals surface area contributed by atoms with Crippen molar-refractivity contribution in [1.82, 2.24) is 0 Å². The second kappa shape index (κ2) is 13.6. The molecule has 0 spiro atoms. The van der Waals surface area contributed by atoms with E-state index in [9.17, 15) is 10.2 Å². The Hall–Kier alpha value is -1.27. The van der Waals surface area contributed by atoms with E-state index in [1.165, 1.54) is 85.3 Å². The average Bonchev–Trinajstić information content (AvgIpc) is 3.24. The van der Waals surface area contributed by atoms with Gasteiger partial charge in [-0.2, -0.15) is 0 Å². The van der Waals surface area contributed by atoms with Gasteiger partial charge in [0.2, 0.25) is 0 Å². The quantitative estimate of drug-likeness (QED) is 0.169. The molecular weight excluding hydrogens is 595 g/mol. The summed E-state index contributed by atoms with van der Waals surface area (Å²) >= 11 is 2.32. The number of hydrogen-bond acceptors (Lipinski definition) is 3. The van der Waals surface area contributed by atoms with Crippen molar-refractivity contribution in [3.8, 4) is 11.5 Å². The number of phenolic OH excluding ortho intramolecular Hbond substituents is 1. The first-order valence-electron chi connectivity index (χ1n) is 15.8. The fourth-order valence-corrected chi connectivity index (χ4v) is 8.86. The van der Waals surface area contributed by atoms with Crippen molar-refractivity contribution >= 4 is 22.6 Å². The number of aliphatic hydroxyl groups is 1. The van der Waals surface area contributed by atoms with Crippen molar-refractivity contribution in [2.24, 2.45) is 23.2 Å². The summed E-state index contributed by atoms with van der Waals surface area (Å²) in [6.45, 7) is 3.21. The molecule has 39 heavy (non-hydrogen) atoms. The Labute approximate surface area is 250 Å². The fourth-order valence-electron chi connectivity index (χ4n) is 8.50. The lowest BCUT2D eigenvalue weighted by atomic mass is 9.52. The molecule has 6 atom stereocenters. The lowest BCUT2D eigenvalue weighted by molar-refractivity contribution is -0.0396. The number of aliphatic hydroxyl groups excluding tert-OH is 1. The Kier molecular flexibility index (Phi) is 10.2. The second-order valence-electron chi connectivity index (χ2n) is 13.0. The topological polar surface area (TPSA) is 49.7 Å². The predicted octanol–water partition coefficient (Wildman–Crippen LogP) is 9.42. The highest BCUT2D eigenvalue weighted by atomic mass is 127. The smallest absolute Gasteiger partial charge is 0.119 e. The van der Waals surface area contributed by atoms with Crippen LogP contribution in [0, 0.1) is 26.7 Å². The highest BCUT2D eigenvalue weighted by Crippen LogP contribution is 2.62. The Morgan fingerprint density at radius 1 is 0.872 bits per heavy atom. The van der Waals surface area contributed by atoms with Gasteiger partial charge in [-0.3, -0.25) is 0 Å². The maximum Gasteiger partial charge on any atom is 0.119 e. The third-order valence-corrected chi connectivity index (χ3v) is 11.4. The second-order valence-corrected chi connectivity index (χ2v) is 14.3. The van der Waals surface area contributed by atoms with E-state index in [0.717, 1.165) is 38.0 Å². The number of ether oxygens (including phenoxy) is 1. The molecule has 5 rings (SSSR count). The molecule has 214 valence electrons. The summed E-state index contributed by atoms with van der Waals surface area (Å²) in [5.74, 6) is 4.07. The van der Waals surface area contributed by atoms with Gasteiger partial charge in [0.05, 0.1) is 12.7 Å². The third-order valence-electron chi connectivity index (χ3n) is 10.6. The van der Waals surface area contributed by atoms with Crippen molar-refractivity contribution in [2.45, 2.75) is 115 Å². The molecule has 2 saturated carbocycles. The van der Waals surface area contributed by atoms with Crippen LogP contribution in [0.3, 0.4) is 0 Å². The van der Waals surface area contributed by atoms with Crippen LogP contribution in [0.5, 0.6) is 11.5 Å². The number of rotatable bonds is 13. The number of fused-ring (bicyclic) bond motifs is 5. The Balaban J connectivity index is 1.01. The van der Waals surface area contributed by atoms with Crippen molar-refractivity contribution in [3.05, 3.63) is 57.2 Å². The normalized spacial score (nSPS) is 29.5. The van der Waals surface area contributed by atoms with Gasteiger partial charge in [-0.15, -0.1) is 0 Å². The van der Waals surface area contributed by atoms with Crippen molar-refractivity contribution in [2.75, 3.05) is 6.61 Å². The minimum absolute atomic E-state index is 0.111. The molecule has 4 heteroatoms. The summed E-state index contributed by atoms with van der Waals surface area (Å²) in [6.07, 6.45) is 18.6. The van der Waals surface area contributed by atoms with Gasteiger partial charge >= 0.3 is 0 Å². The number of unbranched alkanes of at least 4 members (excludes halogenated alkanes) is 8. The van der Waals surface area contributed by atoms with E-state index in [0.29, 0.717) is 29.4 Å². The largest absolute Gasteiger partial charge is 0.508 e. The van der Waals surface area contributed by atoms with Gasteiger partial charge in [-0.1, -0.05) is 64.4 Å². The zero-order valence-corrected chi connectivity index (χ0v) is 26.1. The number of phenols is 1. The highest BCUT2D eigenvalue weighted by molar-refractivity contribution is 14.1. The highest BCUT2D eigenvalue weighted by Gasteiger charge is 2.56. The minimum atomic E-state index is -0.120. The summed E-state index contributed by atoms with van der Waals surface area (Å²) in [7, 11) is 0. The van der Waals surface area contributed by atoms with Crippen LogP contribution in [0.25, 0.3) is 0 Å². The monoisotopic (exact) mass is 644 g/mol. The van der Waals surface area contributed by atoms with Crippen LogP contribution in [0.15, 0.2) is 42.5 Å². The van der Waals surface area contributed by atoms with E-state index >= 15 is 0 Å². The van der Waals surface area contributed by atoms with Crippen LogP contribution in [-0.2, 0) is 6.42 Å². The van der Waals surface area contributed by atoms with E-state index in [4.69, 9.17) is 4.74 Å². The van der Waals surface area contributed by atoms with E-state index in [1.807, 2.05) is 12.1 Å². The van der Waals surface area contributed by atoms with Crippen LogP contribution >= 0.6 is 22.6 Å². The first-order chi connectivity index (χ1) is 19.0. The summed E-state index contributed by atoms with van der Waals surface area (Å²) in [6, 6.07) is 14.5. The van der Waals surface area contributed by atoms with Crippen molar-refractivity contribution < 1.29 is 14.9 Å². The van der Waals surface area contributed by atoms with Gasteiger partial charge in [0.1, 0.15) is 11.5 Å². The van der Waals surface area contributed by atoms with Crippen LogP contribution in [-0.4, -0.2) is 22.9 Å². The third kappa shape index (κ3) is 6.97. The van der Waals surface area contributed by atoms with E-state index in [2.05, 4.69) is 59.8 Å². The van der Waals surface area contributed by atoms with Gasteiger partial charge in [-0.25, -0.2) is 0 Å². The lowest BCUT2D eigenvalue weighted by Gasteiger charge is -2.53. The molecular formula is C35H49IO3. The number of hydrogen-bond donors (Lipinski definition) is 2. The zero-order valence-electron chi connectivity index (χ0n) is 23.9. The van der Waals surface area contributed by atoms with Crippen LogP contribution in [0.2, 0.25) is 0 Å². The molecule has 3 nitrogen and oxygen atoms in total. The van der Waals surface area contributed by atoms with Gasteiger partial charge < -0.3 is 14.9 Å². The summed E-state index contributed by atoms with van der Waals surface area (Å²) in [5, 5.41) is 21.1. The molecule has 0 radical (unpaired) electrons. The minimum Gasteiger partial charge on any atom is -0.508 e. The van der Waals surface area contributed by atoms with E-state index < -0.39 is 0 Å². The lowest BCUT2D eigenvalue weighted by Crippen LogP contribution is -2.47. The molecule has 2 aromatic rings. The Morgan fingerprint density at radius 3 is 2.31 bits per heavy atom. The molecule has 0 aliphatic heterocycles. The SMILES string of the molecule is C[C@]12CC[C@@H]3c4ccc(O)cc4C[C@@H](CCCCCCCCCCCOc4ccc(I)cc4)[C@H]3[C@@H]1CC[C@@H]2O. The molecule has 0 aromatic heterocycles. The molecule has 0 amide bonds. The summed E-state index contributed by atoms with van der Waals surface area (Å²) in [4.78, 5) is 0. The van der Waals surface area contributed by atoms with E-state index in [1.54, 1.807) is 0 Å². The van der Waals surface area contributed by atoms with Gasteiger partial charge in [0, 0.05) is 3.57 Å². The van der Waals surface area contributed by atoms with Gasteiger partial charge in [0.15, 0.2) is 0 Å². The van der Waals surface area contributed by atoms with Crippen LogP contribution < -0.4 is 4.74 Å². The maximum absolute atomic E-state index is 10.9. The summed E-state index contributed by atoms with van der Waals surface area (Å²) in [5.41, 5.74) is 3.01. The average molecular weight is 645 g/mol. The molecule has 0 bridgehead atoms. The molecule has 0 unspecified atom stereocenters. The molecule has 2 N–H and O–H groups in total. The first kappa shape index (κ1) is 29.2. The predicted molar refractivity (Wildman–Crippen MR) is 168 cm³/mol. The number of benzene rings is 2. The standard InChI is InChI=1S/C35H49IO3/c1-35-21-20-31-30-17-14-28(37)24-26(30)23-25(34(31)32(35)18-19-33(35)38)11-9-7-5-3-2-4-6-8-10-22-39-29-15-12-27(36)13-16-29/h12-17,24-25,31-34,37-38H,2-11,18-23H2,1H3/t25-,31-,32+,33+,34-,35+/m1/s1. The Morgan fingerprint density at radius 2 is 1.56 bits per heavy atom. The molecule has 0 heterocycles. The van der Waals surface area contributed by atoms with Gasteiger partial charge in [0.25, 0.3) is 0 Å². The number of halogens is 1. The molecule has 3 aliphatic carbocycles. The molecule has 2 fully saturated rings. The van der Waals surface area contributed by atoms with E-state index in [-0.39, 0.29) is 11.5 Å². The maximum atomic E-state index is 10.9. The molecule has 2 aromatic carbocycles. The summed E-state index contributed by atoms with van der Waals surface area (Å²) < 4.78 is 7.09. The number of aromatic hydroxyl groups is 1. The Bertz CT molecular complexity index is 1050. The fraction of sp³-hybridized carbons (Fsp3) is 0.657. The van der Waals surface area contributed by atoms with Crippen LogP contribution in [0.4, 0.5) is 0 Å².